The Bertz CT molecular complexity index is 296. The molecule has 0 aromatic heterocycles. The maximum absolute atomic E-state index is 9.91. The minimum atomic E-state index is -0.750. The van der Waals surface area contributed by atoms with Crippen molar-refractivity contribution in [3.05, 3.63) is 0 Å². The second kappa shape index (κ2) is 2.61. The van der Waals surface area contributed by atoms with E-state index in [0.717, 1.165) is 0 Å². The molecule has 4 aliphatic heterocycles. The molecule has 0 aromatic rings. The van der Waals surface area contributed by atoms with E-state index in [1.54, 1.807) is 0 Å². The molecule has 6 nitrogen and oxygen atoms in total. The highest BCUT2D eigenvalue weighted by Crippen LogP contribution is 2.44. The first-order valence-corrected chi connectivity index (χ1v) is 5.16. The summed E-state index contributed by atoms with van der Waals surface area (Å²) in [7, 11) is 0. The Morgan fingerprint density at radius 3 is 2.00 bits per heavy atom. The molecule has 1 saturated carbocycles. The van der Waals surface area contributed by atoms with Gasteiger partial charge in [-0.2, -0.15) is 0 Å². The zero-order chi connectivity index (χ0) is 10.2. The fourth-order valence-corrected chi connectivity index (χ4v) is 2.83. The van der Waals surface area contributed by atoms with Crippen LogP contribution in [-0.2, 0) is 23.7 Å². The minimum Gasteiger partial charge on any atom is -0.448 e. The molecular weight excluding hydrogens is 224 g/mol. The van der Waals surface area contributed by atoms with E-state index < -0.39 is 24.8 Å². The van der Waals surface area contributed by atoms with E-state index in [0.29, 0.717) is 0 Å². The van der Waals surface area contributed by atoms with Gasteiger partial charge >= 0.3 is 5.24 Å². The zero-order valence-electron chi connectivity index (χ0n) is 7.44. The summed E-state index contributed by atoms with van der Waals surface area (Å²) < 4.78 is 26.7. The normalized spacial score (nSPS) is 60.1. The molecule has 5 aliphatic rings. The summed E-state index contributed by atoms with van der Waals surface area (Å²) >= 11 is 4.85. The van der Waals surface area contributed by atoms with Gasteiger partial charge < -0.3 is 28.8 Å². The first-order chi connectivity index (χ1) is 7.24. The third-order valence-corrected chi connectivity index (χ3v) is 3.43. The van der Waals surface area contributed by atoms with Crippen LogP contribution in [0.4, 0.5) is 0 Å². The average Bonchev–Trinajstić information content (AvgIpc) is 2.23. The maximum Gasteiger partial charge on any atom is 0.353 e. The highest BCUT2D eigenvalue weighted by Gasteiger charge is 2.66. The van der Waals surface area contributed by atoms with Gasteiger partial charge in [-0.05, 0) is 0 Å². The van der Waals surface area contributed by atoms with E-state index in [2.05, 4.69) is 0 Å². The molecule has 5 fully saturated rings. The number of aliphatic hydroxyl groups excluding tert-OH is 1. The molecular formula is C8H8O6S. The lowest BCUT2D eigenvalue weighted by Crippen LogP contribution is -2.78. The van der Waals surface area contributed by atoms with Crippen molar-refractivity contribution in [2.24, 2.45) is 0 Å². The van der Waals surface area contributed by atoms with Crippen molar-refractivity contribution < 1.29 is 28.8 Å². The van der Waals surface area contributed by atoms with Crippen LogP contribution in [0.2, 0.25) is 0 Å². The monoisotopic (exact) mass is 232 g/mol. The van der Waals surface area contributed by atoms with Crippen molar-refractivity contribution in [3.8, 4) is 0 Å². The molecule has 0 spiro atoms. The van der Waals surface area contributed by atoms with Crippen molar-refractivity contribution >= 4 is 17.5 Å². The standard InChI is InChI=1S/C8H8O6S/c9-1-2-4-6-5(14-8(15)13-4)3(1)11-7(10-2)12-6/h1-7,9H/t1?,2-,3+,4+,5-,6?,7?. The molecule has 4 heterocycles. The van der Waals surface area contributed by atoms with Crippen LogP contribution in [0.3, 0.4) is 0 Å². The largest absolute Gasteiger partial charge is 0.448 e. The molecule has 15 heavy (non-hydrogen) atoms. The summed E-state index contributed by atoms with van der Waals surface area (Å²) in [5.41, 5.74) is 0. The molecule has 0 radical (unpaired) electrons. The summed E-state index contributed by atoms with van der Waals surface area (Å²) in [4.78, 5) is 0. The Labute approximate surface area is 90.0 Å². The number of hydrogen-bond donors (Lipinski definition) is 1. The van der Waals surface area contributed by atoms with Gasteiger partial charge in [0.2, 0.25) is 0 Å². The topological polar surface area (TPSA) is 66.4 Å². The number of ether oxygens (including phenoxy) is 5. The molecule has 0 amide bonds. The summed E-state index contributed by atoms with van der Waals surface area (Å²) in [5.74, 6) is 0. The average molecular weight is 232 g/mol. The first kappa shape index (κ1) is 8.66. The van der Waals surface area contributed by atoms with Crippen LogP contribution in [0, 0.1) is 0 Å². The third-order valence-electron chi connectivity index (χ3n) is 3.24. The minimum absolute atomic E-state index is 0.0688. The molecule has 7 heteroatoms. The van der Waals surface area contributed by atoms with E-state index in [9.17, 15) is 5.11 Å². The van der Waals surface area contributed by atoms with Gasteiger partial charge in [0.05, 0.1) is 0 Å². The summed E-state index contributed by atoms with van der Waals surface area (Å²) in [6, 6.07) is 0. The van der Waals surface area contributed by atoms with E-state index >= 15 is 0 Å². The molecule has 3 unspecified atom stereocenters. The van der Waals surface area contributed by atoms with Gasteiger partial charge in [0.1, 0.15) is 24.4 Å². The van der Waals surface area contributed by atoms with Crippen LogP contribution in [0.25, 0.3) is 0 Å². The van der Waals surface area contributed by atoms with Crippen LogP contribution < -0.4 is 0 Å². The summed E-state index contributed by atoms with van der Waals surface area (Å²) in [5, 5.41) is 9.98. The van der Waals surface area contributed by atoms with Crippen molar-refractivity contribution in [2.45, 2.75) is 43.1 Å². The lowest BCUT2D eigenvalue weighted by Gasteiger charge is -2.59. The van der Waals surface area contributed by atoms with Crippen LogP contribution in [0.5, 0.6) is 0 Å². The molecule has 1 aliphatic carbocycles. The first-order valence-electron chi connectivity index (χ1n) is 4.76. The second-order valence-corrected chi connectivity index (χ2v) is 4.33. The number of thiocarbonyl (C=S) groups is 1. The number of hydrogen-bond acceptors (Lipinski definition) is 7. The number of aliphatic hydroxyl groups is 1. The highest BCUT2D eigenvalue weighted by molar-refractivity contribution is 7.79. The Balaban J connectivity index is 1.79. The van der Waals surface area contributed by atoms with Gasteiger partial charge in [-0.3, -0.25) is 0 Å². The van der Waals surface area contributed by atoms with Gasteiger partial charge in [0, 0.05) is 12.2 Å². The predicted molar refractivity (Wildman–Crippen MR) is 46.8 cm³/mol. The van der Waals surface area contributed by atoms with Crippen molar-refractivity contribution in [1.82, 2.24) is 0 Å². The SMILES string of the molecule is OC1[C@H]2OC3OC4[C@H]2OC(=S)O[C@@H]4[C@H]1O3. The Morgan fingerprint density at radius 2 is 1.40 bits per heavy atom. The van der Waals surface area contributed by atoms with Crippen molar-refractivity contribution in [2.75, 3.05) is 0 Å². The maximum atomic E-state index is 9.91. The lowest BCUT2D eigenvalue weighted by atomic mass is 9.82. The van der Waals surface area contributed by atoms with Gasteiger partial charge in [0.25, 0.3) is 6.48 Å². The highest BCUT2D eigenvalue weighted by atomic mass is 32.1. The molecule has 0 aromatic carbocycles. The molecule has 1 N–H and O–H groups in total. The van der Waals surface area contributed by atoms with Gasteiger partial charge in [-0.1, -0.05) is 0 Å². The zero-order valence-corrected chi connectivity index (χ0v) is 8.25. The number of rotatable bonds is 0. The van der Waals surface area contributed by atoms with E-state index in [1.165, 1.54) is 0 Å². The van der Waals surface area contributed by atoms with Gasteiger partial charge in [-0.15, -0.1) is 0 Å². The van der Waals surface area contributed by atoms with Crippen molar-refractivity contribution in [3.63, 3.8) is 0 Å². The summed E-state index contributed by atoms with van der Waals surface area (Å²) in [6.07, 6.45) is -2.66. The fraction of sp³-hybridized carbons (Fsp3) is 0.875. The molecule has 82 valence electrons. The Morgan fingerprint density at radius 1 is 0.867 bits per heavy atom. The molecule has 6 bridgehead atoms. The Hall–Kier alpha value is -0.470. The molecule has 4 saturated heterocycles. The van der Waals surface area contributed by atoms with Crippen LogP contribution in [-0.4, -0.2) is 53.4 Å². The molecule has 7 atom stereocenters. The van der Waals surface area contributed by atoms with E-state index in [1.807, 2.05) is 0 Å². The van der Waals surface area contributed by atoms with Gasteiger partial charge in [-0.25, -0.2) is 0 Å². The quantitative estimate of drug-likeness (QED) is 0.531. The Kier molecular flexibility index (Phi) is 1.51. The fourth-order valence-electron chi connectivity index (χ4n) is 2.61. The van der Waals surface area contributed by atoms with E-state index in [4.69, 9.17) is 35.9 Å². The van der Waals surface area contributed by atoms with Crippen LogP contribution in [0.1, 0.15) is 0 Å². The smallest absolute Gasteiger partial charge is 0.353 e. The van der Waals surface area contributed by atoms with E-state index in [-0.39, 0.29) is 23.5 Å². The van der Waals surface area contributed by atoms with Crippen LogP contribution >= 0.6 is 12.2 Å². The van der Waals surface area contributed by atoms with Gasteiger partial charge in [0.15, 0.2) is 12.2 Å². The van der Waals surface area contributed by atoms with Crippen LogP contribution in [0.15, 0.2) is 0 Å². The summed E-state index contributed by atoms with van der Waals surface area (Å²) in [6.45, 7) is -0.709. The third kappa shape index (κ3) is 0.949. The second-order valence-electron chi connectivity index (χ2n) is 4.00. The predicted octanol–water partition coefficient (Wildman–Crippen LogP) is -1.10. The molecule has 5 rings (SSSR count). The lowest BCUT2D eigenvalue weighted by molar-refractivity contribution is -0.487. The van der Waals surface area contributed by atoms with Crippen molar-refractivity contribution in [1.29, 1.82) is 0 Å².